The molecule has 0 amide bonds. The van der Waals surface area contributed by atoms with Crippen LogP contribution in [0, 0.1) is 10.8 Å². The van der Waals surface area contributed by atoms with Crippen LogP contribution in [-0.2, 0) is 16.1 Å². The second-order valence-corrected chi connectivity index (χ2v) is 6.85. The SMILES string of the molecule is O=C(OCc1ccccc1)C12CC(C(=O)c3ccccc3)(C1)C2. The second-order valence-electron chi connectivity index (χ2n) is 6.85. The smallest absolute Gasteiger partial charge is 0.312 e. The molecule has 5 rings (SSSR count). The first-order valence-electron chi connectivity index (χ1n) is 7.95. The number of hydrogen-bond donors (Lipinski definition) is 0. The number of ketones is 1. The van der Waals surface area contributed by atoms with Crippen LogP contribution >= 0.6 is 0 Å². The Morgan fingerprint density at radius 2 is 1.39 bits per heavy atom. The number of carbonyl (C=O) groups is 2. The van der Waals surface area contributed by atoms with Crippen LogP contribution in [0.25, 0.3) is 0 Å². The molecule has 0 heterocycles. The van der Waals surface area contributed by atoms with Gasteiger partial charge in [-0.15, -0.1) is 0 Å². The van der Waals surface area contributed by atoms with Crippen molar-refractivity contribution < 1.29 is 14.3 Å². The fraction of sp³-hybridized carbons (Fsp3) is 0.300. The first-order valence-corrected chi connectivity index (χ1v) is 7.95. The lowest BCUT2D eigenvalue weighted by molar-refractivity contribution is -0.211. The number of ether oxygens (including phenoxy) is 1. The maximum absolute atomic E-state index is 12.6. The highest BCUT2D eigenvalue weighted by atomic mass is 16.5. The van der Waals surface area contributed by atoms with Gasteiger partial charge >= 0.3 is 5.97 Å². The zero-order valence-electron chi connectivity index (χ0n) is 12.8. The lowest BCUT2D eigenvalue weighted by atomic mass is 9.33. The first-order chi connectivity index (χ1) is 11.1. The monoisotopic (exact) mass is 306 g/mol. The number of Topliss-reactive ketones (excluding diaryl/α,β-unsaturated/α-hetero) is 1. The van der Waals surface area contributed by atoms with Gasteiger partial charge in [-0.25, -0.2) is 0 Å². The Balaban J connectivity index is 1.36. The predicted octanol–water partition coefficient (Wildman–Crippen LogP) is 3.78. The molecule has 2 bridgehead atoms. The van der Waals surface area contributed by atoms with E-state index in [-0.39, 0.29) is 17.2 Å². The minimum absolute atomic E-state index is 0.149. The number of rotatable bonds is 5. The van der Waals surface area contributed by atoms with E-state index in [0.29, 0.717) is 25.9 Å². The van der Waals surface area contributed by atoms with Gasteiger partial charge in [0.05, 0.1) is 5.41 Å². The number of carbonyl (C=O) groups excluding carboxylic acids is 2. The molecule has 3 fully saturated rings. The summed E-state index contributed by atoms with van der Waals surface area (Å²) in [6.07, 6.45) is 1.92. The number of hydrogen-bond acceptors (Lipinski definition) is 3. The maximum Gasteiger partial charge on any atom is 0.312 e. The van der Waals surface area contributed by atoms with E-state index in [1.165, 1.54) is 0 Å². The largest absolute Gasteiger partial charge is 0.460 e. The molecule has 2 aromatic carbocycles. The molecule has 0 aliphatic heterocycles. The molecule has 2 aromatic rings. The average Bonchev–Trinajstić information content (AvgIpc) is 2.52. The van der Waals surface area contributed by atoms with E-state index in [1.807, 2.05) is 60.7 Å². The van der Waals surface area contributed by atoms with E-state index in [1.54, 1.807) is 0 Å². The number of esters is 1. The van der Waals surface area contributed by atoms with Crippen molar-refractivity contribution >= 4 is 11.8 Å². The van der Waals surface area contributed by atoms with Crippen LogP contribution in [-0.4, -0.2) is 11.8 Å². The van der Waals surface area contributed by atoms with E-state index in [2.05, 4.69) is 0 Å². The quantitative estimate of drug-likeness (QED) is 0.623. The summed E-state index contributed by atoms with van der Waals surface area (Å²) in [5.74, 6) is 0.0277. The molecule has 3 heteroatoms. The van der Waals surface area contributed by atoms with E-state index >= 15 is 0 Å². The van der Waals surface area contributed by atoms with Gasteiger partial charge < -0.3 is 4.74 Å². The molecule has 0 aromatic heterocycles. The topological polar surface area (TPSA) is 43.4 Å². The molecule has 116 valence electrons. The van der Waals surface area contributed by atoms with Gasteiger partial charge in [0, 0.05) is 11.0 Å². The fourth-order valence-electron chi connectivity index (χ4n) is 4.02. The summed E-state index contributed by atoms with van der Waals surface area (Å²) >= 11 is 0. The van der Waals surface area contributed by atoms with Crippen LogP contribution in [0.15, 0.2) is 60.7 Å². The van der Waals surface area contributed by atoms with Crippen molar-refractivity contribution in [3.8, 4) is 0 Å². The first kappa shape index (κ1) is 14.2. The summed E-state index contributed by atoms with van der Waals surface area (Å²) in [5, 5.41) is 0. The average molecular weight is 306 g/mol. The van der Waals surface area contributed by atoms with Gasteiger partial charge in [-0.3, -0.25) is 9.59 Å². The lowest BCUT2D eigenvalue weighted by Gasteiger charge is -2.67. The van der Waals surface area contributed by atoms with Crippen LogP contribution in [0.1, 0.15) is 35.2 Å². The predicted molar refractivity (Wildman–Crippen MR) is 85.7 cm³/mol. The molecule has 0 spiro atoms. The summed E-state index contributed by atoms with van der Waals surface area (Å²) in [7, 11) is 0. The highest BCUT2D eigenvalue weighted by Gasteiger charge is 2.75. The van der Waals surface area contributed by atoms with Crippen molar-refractivity contribution in [2.24, 2.45) is 10.8 Å². The normalized spacial score (nSPS) is 27.5. The van der Waals surface area contributed by atoms with Gasteiger partial charge in [0.25, 0.3) is 0 Å². The van der Waals surface area contributed by atoms with Gasteiger partial charge in [-0.2, -0.15) is 0 Å². The molecule has 23 heavy (non-hydrogen) atoms. The minimum atomic E-state index is -0.404. The van der Waals surface area contributed by atoms with E-state index in [0.717, 1.165) is 11.1 Å². The fourth-order valence-corrected chi connectivity index (χ4v) is 4.02. The van der Waals surface area contributed by atoms with E-state index in [9.17, 15) is 9.59 Å². The standard InChI is InChI=1S/C20H18O3/c21-17(16-9-5-2-6-10-16)19-12-20(13-19,14-19)18(22)23-11-15-7-3-1-4-8-15/h1-10H,11-14H2. The Morgan fingerprint density at radius 1 is 0.826 bits per heavy atom. The summed E-state index contributed by atoms with van der Waals surface area (Å²) in [4.78, 5) is 24.9. The Labute approximate surface area is 135 Å². The van der Waals surface area contributed by atoms with Crippen molar-refractivity contribution in [1.29, 1.82) is 0 Å². The molecule has 0 unspecified atom stereocenters. The Kier molecular flexibility index (Phi) is 3.12. The molecule has 3 saturated carbocycles. The minimum Gasteiger partial charge on any atom is -0.460 e. The lowest BCUT2D eigenvalue weighted by Crippen LogP contribution is -2.68. The van der Waals surface area contributed by atoms with Crippen molar-refractivity contribution in [2.75, 3.05) is 0 Å². The van der Waals surface area contributed by atoms with Crippen molar-refractivity contribution in [1.82, 2.24) is 0 Å². The molecule has 0 atom stereocenters. The van der Waals surface area contributed by atoms with Crippen LogP contribution in [0.4, 0.5) is 0 Å². The zero-order chi connectivity index (χ0) is 15.9. The zero-order valence-corrected chi connectivity index (χ0v) is 12.8. The molecule has 3 nitrogen and oxygen atoms in total. The third kappa shape index (κ3) is 2.19. The van der Waals surface area contributed by atoms with Crippen LogP contribution < -0.4 is 0 Å². The Hall–Kier alpha value is -2.42. The van der Waals surface area contributed by atoms with Crippen LogP contribution in [0.2, 0.25) is 0 Å². The number of benzene rings is 2. The van der Waals surface area contributed by atoms with Gasteiger partial charge in [0.15, 0.2) is 5.78 Å². The van der Waals surface area contributed by atoms with Gasteiger partial charge in [-0.05, 0) is 24.8 Å². The van der Waals surface area contributed by atoms with Crippen LogP contribution in [0.5, 0.6) is 0 Å². The van der Waals surface area contributed by atoms with E-state index in [4.69, 9.17) is 4.74 Å². The molecule has 0 N–H and O–H groups in total. The van der Waals surface area contributed by atoms with Gasteiger partial charge in [-0.1, -0.05) is 60.7 Å². The molecule has 3 aliphatic carbocycles. The van der Waals surface area contributed by atoms with Gasteiger partial charge in [0.1, 0.15) is 6.61 Å². The summed E-state index contributed by atoms with van der Waals surface area (Å²) in [6, 6.07) is 19.0. The highest BCUT2D eigenvalue weighted by molar-refractivity contribution is 6.05. The highest BCUT2D eigenvalue weighted by Crippen LogP contribution is 2.74. The third-order valence-corrected chi connectivity index (χ3v) is 5.19. The molecular weight excluding hydrogens is 288 g/mol. The van der Waals surface area contributed by atoms with Crippen molar-refractivity contribution in [2.45, 2.75) is 25.9 Å². The molecule has 0 saturated heterocycles. The summed E-state index contributed by atoms with van der Waals surface area (Å²) in [5.41, 5.74) is 1.02. The summed E-state index contributed by atoms with van der Waals surface area (Å²) < 4.78 is 5.45. The molecule has 3 aliphatic rings. The Morgan fingerprint density at radius 3 is 2.00 bits per heavy atom. The Bertz CT molecular complexity index is 729. The van der Waals surface area contributed by atoms with Gasteiger partial charge in [0.2, 0.25) is 0 Å². The molecular formula is C20H18O3. The van der Waals surface area contributed by atoms with E-state index < -0.39 is 5.41 Å². The van der Waals surface area contributed by atoms with Crippen molar-refractivity contribution in [3.63, 3.8) is 0 Å². The second kappa shape index (κ2) is 5.05. The van der Waals surface area contributed by atoms with Crippen molar-refractivity contribution in [3.05, 3.63) is 71.8 Å². The summed E-state index contributed by atoms with van der Waals surface area (Å²) in [6.45, 7) is 0.307. The molecule has 0 radical (unpaired) electrons. The third-order valence-electron chi connectivity index (χ3n) is 5.19. The van der Waals surface area contributed by atoms with Crippen LogP contribution in [0.3, 0.4) is 0 Å². The maximum atomic E-state index is 12.6.